The number of carbonyl (C=O) groups is 1. The SMILES string of the molecule is N/C(=C\N(N)c1ccc(C(=O)N2CCOCC2)cc1)c1n[nH]c2ccc(Cn3nc(-c4cccnc4)ccc3=O)cc12. The van der Waals surface area contributed by atoms with Gasteiger partial charge in [0.2, 0.25) is 0 Å². The van der Waals surface area contributed by atoms with Crippen LogP contribution in [0.2, 0.25) is 0 Å². The van der Waals surface area contributed by atoms with Crippen molar-refractivity contribution in [3.05, 3.63) is 112 Å². The molecule has 0 saturated carbocycles. The Morgan fingerprint density at radius 3 is 2.64 bits per heavy atom. The van der Waals surface area contributed by atoms with Crippen molar-refractivity contribution in [2.45, 2.75) is 6.54 Å². The van der Waals surface area contributed by atoms with Crippen LogP contribution in [0, 0.1) is 0 Å². The van der Waals surface area contributed by atoms with Crippen LogP contribution in [0.25, 0.3) is 27.9 Å². The van der Waals surface area contributed by atoms with Gasteiger partial charge in [0.25, 0.3) is 11.5 Å². The predicted molar refractivity (Wildman–Crippen MR) is 159 cm³/mol. The van der Waals surface area contributed by atoms with Gasteiger partial charge < -0.3 is 15.4 Å². The largest absolute Gasteiger partial charge is 0.396 e. The van der Waals surface area contributed by atoms with Crippen molar-refractivity contribution in [1.82, 2.24) is 29.9 Å². The van der Waals surface area contributed by atoms with Crippen LogP contribution in [-0.4, -0.2) is 62.1 Å². The highest BCUT2D eigenvalue weighted by Gasteiger charge is 2.19. The maximum Gasteiger partial charge on any atom is 0.267 e. The van der Waals surface area contributed by atoms with Gasteiger partial charge in [-0.05, 0) is 60.2 Å². The molecule has 1 aliphatic heterocycles. The fraction of sp³-hybridized carbons (Fsp3) is 0.167. The summed E-state index contributed by atoms with van der Waals surface area (Å²) in [6.45, 7) is 2.50. The number of ether oxygens (including phenoxy) is 1. The fourth-order valence-corrected chi connectivity index (χ4v) is 4.79. The number of nitrogens with two attached hydrogens (primary N) is 2. The van der Waals surface area contributed by atoms with Crippen molar-refractivity contribution in [3.63, 3.8) is 0 Å². The van der Waals surface area contributed by atoms with Crippen LogP contribution < -0.4 is 22.1 Å². The molecule has 1 amide bonds. The standard InChI is InChI=1S/C30H29N9O3/c31-25(19-38(32)23-6-4-21(5-7-23)30(41)37-12-14-42-15-13-37)29-24-16-20(3-8-27(24)34-35-29)18-39-28(40)10-9-26(36-39)22-2-1-11-33-17-22/h1-11,16-17,19H,12-15,18,31-32H2,(H,34,35)/b25-19-. The molecule has 5 aromatic rings. The van der Waals surface area contributed by atoms with Gasteiger partial charge in [0.05, 0.1) is 42.4 Å². The Morgan fingerprint density at radius 1 is 1.07 bits per heavy atom. The number of rotatable bonds is 7. The number of hydrogen-bond donors (Lipinski definition) is 3. The Balaban J connectivity index is 1.21. The Hall–Kier alpha value is -5.33. The predicted octanol–water partition coefficient (Wildman–Crippen LogP) is 2.34. The zero-order valence-electron chi connectivity index (χ0n) is 22.7. The van der Waals surface area contributed by atoms with Gasteiger partial charge in [-0.2, -0.15) is 10.2 Å². The quantitative estimate of drug-likeness (QED) is 0.199. The van der Waals surface area contributed by atoms with Crippen LogP contribution in [0.1, 0.15) is 21.6 Å². The van der Waals surface area contributed by atoms with E-state index in [9.17, 15) is 9.59 Å². The van der Waals surface area contributed by atoms with Gasteiger partial charge in [-0.3, -0.25) is 24.7 Å². The Labute approximate surface area is 240 Å². The van der Waals surface area contributed by atoms with E-state index in [4.69, 9.17) is 16.3 Å². The second kappa shape index (κ2) is 11.6. The summed E-state index contributed by atoms with van der Waals surface area (Å²) in [7, 11) is 0. The summed E-state index contributed by atoms with van der Waals surface area (Å²) < 4.78 is 6.74. The fourth-order valence-electron chi connectivity index (χ4n) is 4.79. The van der Waals surface area contributed by atoms with E-state index in [0.29, 0.717) is 54.6 Å². The number of aromatic amines is 1. The highest BCUT2D eigenvalue weighted by molar-refractivity contribution is 5.95. The van der Waals surface area contributed by atoms with E-state index in [1.54, 1.807) is 53.8 Å². The van der Waals surface area contributed by atoms with E-state index in [-0.39, 0.29) is 18.0 Å². The summed E-state index contributed by atoms with van der Waals surface area (Å²) >= 11 is 0. The zero-order valence-corrected chi connectivity index (χ0v) is 22.7. The molecule has 0 radical (unpaired) electrons. The number of benzene rings is 2. The molecule has 4 heterocycles. The van der Waals surface area contributed by atoms with E-state index >= 15 is 0 Å². The van der Waals surface area contributed by atoms with Crippen molar-refractivity contribution >= 4 is 28.2 Å². The van der Waals surface area contributed by atoms with Crippen LogP contribution in [0.3, 0.4) is 0 Å². The van der Waals surface area contributed by atoms with Crippen LogP contribution in [-0.2, 0) is 11.3 Å². The van der Waals surface area contributed by atoms with Gasteiger partial charge in [-0.1, -0.05) is 6.07 Å². The molecule has 12 heteroatoms. The first-order chi connectivity index (χ1) is 20.5. The summed E-state index contributed by atoms with van der Waals surface area (Å²) in [5.74, 6) is 6.26. The number of morpholine rings is 1. The molecule has 0 unspecified atom stereocenters. The number of hydrogen-bond acceptors (Lipinski definition) is 9. The summed E-state index contributed by atoms with van der Waals surface area (Å²) in [4.78, 5) is 31.2. The number of H-pyrrole nitrogens is 1. The molecule has 6 rings (SSSR count). The molecular weight excluding hydrogens is 534 g/mol. The van der Waals surface area contributed by atoms with Crippen LogP contribution in [0.5, 0.6) is 0 Å². The lowest BCUT2D eigenvalue weighted by molar-refractivity contribution is 0.0303. The first-order valence-electron chi connectivity index (χ1n) is 13.4. The smallest absolute Gasteiger partial charge is 0.267 e. The first-order valence-corrected chi connectivity index (χ1v) is 13.4. The minimum Gasteiger partial charge on any atom is -0.396 e. The molecule has 0 spiro atoms. The normalized spacial score (nSPS) is 13.8. The molecule has 1 aliphatic rings. The third kappa shape index (κ3) is 5.61. The van der Waals surface area contributed by atoms with Gasteiger partial charge >= 0.3 is 0 Å². The van der Waals surface area contributed by atoms with Crippen molar-refractivity contribution in [3.8, 4) is 11.3 Å². The molecule has 1 fully saturated rings. The number of pyridine rings is 1. The molecule has 42 heavy (non-hydrogen) atoms. The molecule has 212 valence electrons. The van der Waals surface area contributed by atoms with Crippen LogP contribution >= 0.6 is 0 Å². The number of anilines is 1. The molecule has 3 aromatic heterocycles. The monoisotopic (exact) mass is 563 g/mol. The highest BCUT2D eigenvalue weighted by atomic mass is 16.5. The van der Waals surface area contributed by atoms with Crippen LogP contribution in [0.4, 0.5) is 5.69 Å². The van der Waals surface area contributed by atoms with E-state index in [1.165, 1.54) is 15.8 Å². The van der Waals surface area contributed by atoms with E-state index in [0.717, 1.165) is 22.0 Å². The lowest BCUT2D eigenvalue weighted by atomic mass is 10.1. The molecule has 1 saturated heterocycles. The third-order valence-corrected chi connectivity index (χ3v) is 7.05. The zero-order chi connectivity index (χ0) is 29.1. The van der Waals surface area contributed by atoms with Gasteiger partial charge in [0.15, 0.2) is 0 Å². The van der Waals surface area contributed by atoms with Gasteiger partial charge in [0.1, 0.15) is 5.69 Å². The second-order valence-electron chi connectivity index (χ2n) is 9.85. The van der Waals surface area contributed by atoms with Gasteiger partial charge in [-0.15, -0.1) is 0 Å². The maximum atomic E-state index is 12.7. The summed E-state index contributed by atoms with van der Waals surface area (Å²) in [5, 5.41) is 14.1. The third-order valence-electron chi connectivity index (χ3n) is 7.05. The minimum atomic E-state index is -0.217. The number of nitrogens with zero attached hydrogens (tertiary/aromatic N) is 6. The number of carbonyl (C=O) groups excluding carboxylic acids is 1. The Kier molecular flexibility index (Phi) is 7.45. The van der Waals surface area contributed by atoms with Crippen molar-refractivity contribution < 1.29 is 9.53 Å². The Bertz CT molecular complexity index is 1810. The average Bonchev–Trinajstić information content (AvgIpc) is 3.46. The second-order valence-corrected chi connectivity index (χ2v) is 9.85. The van der Waals surface area contributed by atoms with E-state index in [2.05, 4.69) is 20.3 Å². The number of amides is 1. The number of hydrazine groups is 1. The summed E-state index contributed by atoms with van der Waals surface area (Å²) in [6.07, 6.45) is 4.97. The van der Waals surface area contributed by atoms with Gasteiger partial charge in [-0.25, -0.2) is 10.5 Å². The summed E-state index contributed by atoms with van der Waals surface area (Å²) in [6, 6.07) is 19.6. The van der Waals surface area contributed by atoms with E-state index in [1.807, 2.05) is 30.3 Å². The molecule has 5 N–H and O–H groups in total. The molecule has 12 nitrogen and oxygen atoms in total. The molecule has 0 bridgehead atoms. The average molecular weight is 564 g/mol. The topological polar surface area (TPSA) is 161 Å². The highest BCUT2D eigenvalue weighted by Crippen LogP contribution is 2.23. The van der Waals surface area contributed by atoms with Crippen molar-refractivity contribution in [2.24, 2.45) is 11.6 Å². The van der Waals surface area contributed by atoms with Crippen molar-refractivity contribution in [2.75, 3.05) is 31.3 Å². The van der Waals surface area contributed by atoms with Crippen LogP contribution in [0.15, 0.2) is 90.1 Å². The van der Waals surface area contributed by atoms with E-state index < -0.39 is 0 Å². The lowest BCUT2D eigenvalue weighted by Gasteiger charge is -2.27. The number of fused-ring (bicyclic) bond motifs is 1. The van der Waals surface area contributed by atoms with Gasteiger partial charge in [0, 0.05) is 54.3 Å². The molecule has 2 aromatic carbocycles. The minimum absolute atomic E-state index is 0.0384. The Morgan fingerprint density at radius 2 is 1.88 bits per heavy atom. The number of nitrogens with one attached hydrogen (secondary N) is 1. The molecule has 0 aliphatic carbocycles. The number of aromatic nitrogens is 5. The first kappa shape index (κ1) is 26.9. The van der Waals surface area contributed by atoms with Crippen molar-refractivity contribution in [1.29, 1.82) is 0 Å². The maximum absolute atomic E-state index is 12.7. The summed E-state index contributed by atoms with van der Waals surface area (Å²) in [5.41, 5.74) is 11.4. The lowest BCUT2D eigenvalue weighted by Crippen LogP contribution is -2.40. The molecule has 0 atom stereocenters. The molecular formula is C30H29N9O3.